The molecule has 2 rings (SSSR count). The van der Waals surface area contributed by atoms with E-state index < -0.39 is 15.7 Å². The number of ether oxygens (including phenoxy) is 1. The fourth-order valence-electron chi connectivity index (χ4n) is 2.83. The van der Waals surface area contributed by atoms with Crippen LogP contribution in [0.1, 0.15) is 33.1 Å². The van der Waals surface area contributed by atoms with Crippen LogP contribution in [0, 0.1) is 0 Å². The maximum absolute atomic E-state index is 12.9. The lowest BCUT2D eigenvalue weighted by molar-refractivity contribution is -0.0116. The molecule has 112 valence electrons. The fraction of sp³-hybridized carbons (Fsp3) is 1.00. The van der Waals surface area contributed by atoms with Gasteiger partial charge in [-0.15, -0.1) is 11.6 Å². The molecule has 0 saturated carbocycles. The molecule has 2 aliphatic rings. The second-order valence-corrected chi connectivity index (χ2v) is 7.97. The summed E-state index contributed by atoms with van der Waals surface area (Å²) < 4.78 is 34.3. The number of halogens is 1. The molecule has 0 N–H and O–H groups in total. The van der Waals surface area contributed by atoms with Gasteiger partial charge in [0.1, 0.15) is 0 Å². The molecule has 7 heteroatoms. The predicted molar refractivity (Wildman–Crippen MR) is 75.6 cm³/mol. The second kappa shape index (κ2) is 5.85. The summed E-state index contributed by atoms with van der Waals surface area (Å²) in [5, 5.41) is 0. The number of alkyl halides is 1. The molecule has 0 aromatic carbocycles. The molecule has 5 nitrogen and oxygen atoms in total. The van der Waals surface area contributed by atoms with E-state index in [0.717, 1.165) is 19.3 Å². The van der Waals surface area contributed by atoms with E-state index >= 15 is 0 Å². The van der Waals surface area contributed by atoms with Crippen LogP contribution < -0.4 is 0 Å². The first kappa shape index (κ1) is 15.5. The van der Waals surface area contributed by atoms with Crippen molar-refractivity contribution < 1.29 is 13.2 Å². The third-order valence-corrected chi connectivity index (χ3v) is 6.56. The Morgan fingerprint density at radius 2 is 2.05 bits per heavy atom. The third-order valence-electron chi connectivity index (χ3n) is 3.90. The molecule has 1 atom stereocenters. The van der Waals surface area contributed by atoms with Crippen molar-refractivity contribution >= 4 is 21.8 Å². The number of hydrogen-bond donors (Lipinski definition) is 0. The topological polar surface area (TPSA) is 49.9 Å². The smallest absolute Gasteiger partial charge is 0.282 e. The fourth-order valence-corrected chi connectivity index (χ4v) is 5.39. The van der Waals surface area contributed by atoms with Gasteiger partial charge in [-0.1, -0.05) is 6.42 Å². The molecule has 0 aromatic heterocycles. The van der Waals surface area contributed by atoms with Crippen LogP contribution in [0.4, 0.5) is 0 Å². The van der Waals surface area contributed by atoms with Crippen LogP contribution in [0.2, 0.25) is 0 Å². The van der Waals surface area contributed by atoms with Crippen molar-refractivity contribution in [2.45, 2.75) is 44.7 Å². The Morgan fingerprint density at radius 1 is 1.32 bits per heavy atom. The number of rotatable bonds is 3. The van der Waals surface area contributed by atoms with Crippen molar-refractivity contribution in [2.75, 3.05) is 32.2 Å². The molecule has 0 amide bonds. The van der Waals surface area contributed by atoms with Crippen LogP contribution >= 0.6 is 11.6 Å². The molecule has 0 aliphatic carbocycles. The highest BCUT2D eigenvalue weighted by atomic mass is 35.5. The molecular formula is C12H23ClN2O3S. The molecule has 2 saturated heterocycles. The highest BCUT2D eigenvalue weighted by Gasteiger charge is 2.44. The Kier molecular flexibility index (Phi) is 4.78. The Morgan fingerprint density at radius 3 is 2.68 bits per heavy atom. The largest absolute Gasteiger partial charge is 0.378 e. The van der Waals surface area contributed by atoms with Crippen molar-refractivity contribution in [1.29, 1.82) is 0 Å². The van der Waals surface area contributed by atoms with Crippen molar-refractivity contribution in [1.82, 2.24) is 8.61 Å². The highest BCUT2D eigenvalue weighted by molar-refractivity contribution is 7.86. The third kappa shape index (κ3) is 3.08. The van der Waals surface area contributed by atoms with Gasteiger partial charge in [0.05, 0.1) is 18.8 Å². The summed E-state index contributed by atoms with van der Waals surface area (Å²) in [6, 6.07) is -0.0703. The number of morpholine rings is 1. The van der Waals surface area contributed by atoms with Gasteiger partial charge >= 0.3 is 0 Å². The number of nitrogens with zero attached hydrogens (tertiary/aromatic N) is 2. The summed E-state index contributed by atoms with van der Waals surface area (Å²) in [4.78, 5) is 0. The molecular weight excluding hydrogens is 288 g/mol. The first-order chi connectivity index (χ1) is 8.89. The van der Waals surface area contributed by atoms with E-state index in [1.165, 1.54) is 0 Å². The maximum Gasteiger partial charge on any atom is 0.282 e. The summed E-state index contributed by atoms with van der Waals surface area (Å²) in [6.45, 7) is 5.70. The monoisotopic (exact) mass is 310 g/mol. The van der Waals surface area contributed by atoms with Gasteiger partial charge in [0.25, 0.3) is 10.2 Å². The standard InChI is InChI=1S/C12H23ClN2O3S/c1-12(2)10-18-8-7-15(12)19(16,17)14-6-4-3-5-11(14)9-13/h11H,3-10H2,1-2H3. The number of piperidine rings is 1. The van der Waals surface area contributed by atoms with E-state index in [2.05, 4.69) is 0 Å². The Hall–Kier alpha value is 0.120. The van der Waals surface area contributed by atoms with E-state index in [1.54, 1.807) is 8.61 Å². The second-order valence-electron chi connectivity index (χ2n) is 5.86. The SMILES string of the molecule is CC1(C)COCCN1S(=O)(=O)N1CCCCC1CCl. The van der Waals surface area contributed by atoms with Crippen molar-refractivity contribution in [3.63, 3.8) is 0 Å². The molecule has 2 heterocycles. The normalized spacial score (nSPS) is 30.4. The molecule has 0 spiro atoms. The van der Waals surface area contributed by atoms with Gasteiger partial charge in [-0.3, -0.25) is 0 Å². The first-order valence-corrected chi connectivity index (χ1v) is 8.76. The quantitative estimate of drug-likeness (QED) is 0.741. The van der Waals surface area contributed by atoms with Gasteiger partial charge in [0, 0.05) is 25.0 Å². The lowest BCUT2D eigenvalue weighted by Crippen LogP contribution is -2.61. The van der Waals surface area contributed by atoms with Crippen molar-refractivity contribution in [3.8, 4) is 0 Å². The maximum atomic E-state index is 12.9. The number of hydrogen-bond acceptors (Lipinski definition) is 3. The summed E-state index contributed by atoms with van der Waals surface area (Å²) in [5.41, 5.74) is -0.495. The van der Waals surface area contributed by atoms with Crippen molar-refractivity contribution in [2.24, 2.45) is 0 Å². The van der Waals surface area contributed by atoms with Gasteiger partial charge in [-0.25, -0.2) is 0 Å². The first-order valence-electron chi connectivity index (χ1n) is 6.83. The van der Waals surface area contributed by atoms with Crippen LogP contribution in [0.15, 0.2) is 0 Å². The molecule has 2 fully saturated rings. The van der Waals surface area contributed by atoms with E-state index in [9.17, 15) is 8.42 Å². The van der Waals surface area contributed by atoms with Gasteiger partial charge < -0.3 is 4.74 Å². The van der Waals surface area contributed by atoms with Crippen LogP contribution in [0.3, 0.4) is 0 Å². The molecule has 0 aromatic rings. The van der Waals surface area contributed by atoms with Crippen LogP contribution in [-0.4, -0.2) is 60.8 Å². The van der Waals surface area contributed by atoms with Crippen LogP contribution in [0.25, 0.3) is 0 Å². The van der Waals surface area contributed by atoms with Gasteiger partial charge in [0.15, 0.2) is 0 Å². The summed E-state index contributed by atoms with van der Waals surface area (Å²) >= 11 is 5.94. The van der Waals surface area contributed by atoms with Crippen molar-refractivity contribution in [3.05, 3.63) is 0 Å². The molecule has 19 heavy (non-hydrogen) atoms. The minimum Gasteiger partial charge on any atom is -0.378 e. The highest BCUT2D eigenvalue weighted by Crippen LogP contribution is 2.29. The minimum absolute atomic E-state index is 0.0703. The predicted octanol–water partition coefficient (Wildman–Crippen LogP) is 1.44. The van der Waals surface area contributed by atoms with E-state index in [1.807, 2.05) is 13.8 Å². The zero-order valence-corrected chi connectivity index (χ0v) is 13.2. The average molecular weight is 311 g/mol. The molecule has 0 radical (unpaired) electrons. The Labute approximate surface area is 121 Å². The van der Waals surface area contributed by atoms with Gasteiger partial charge in [-0.05, 0) is 26.7 Å². The van der Waals surface area contributed by atoms with E-state index in [0.29, 0.717) is 32.2 Å². The van der Waals surface area contributed by atoms with Gasteiger partial charge in [-0.2, -0.15) is 17.0 Å². The van der Waals surface area contributed by atoms with Crippen LogP contribution in [0.5, 0.6) is 0 Å². The van der Waals surface area contributed by atoms with Crippen LogP contribution in [-0.2, 0) is 14.9 Å². The Balaban J connectivity index is 2.25. The summed E-state index contributed by atoms with van der Waals surface area (Å²) in [5.74, 6) is 0.365. The summed E-state index contributed by atoms with van der Waals surface area (Å²) in [6.07, 6.45) is 2.82. The summed E-state index contributed by atoms with van der Waals surface area (Å²) in [7, 11) is -3.45. The zero-order chi connectivity index (χ0) is 14.1. The lowest BCUT2D eigenvalue weighted by Gasteiger charge is -2.45. The van der Waals surface area contributed by atoms with E-state index in [4.69, 9.17) is 16.3 Å². The average Bonchev–Trinajstić information content (AvgIpc) is 2.37. The molecule has 0 bridgehead atoms. The van der Waals surface area contributed by atoms with E-state index in [-0.39, 0.29) is 6.04 Å². The zero-order valence-electron chi connectivity index (χ0n) is 11.6. The van der Waals surface area contributed by atoms with Gasteiger partial charge in [0.2, 0.25) is 0 Å². The lowest BCUT2D eigenvalue weighted by atomic mass is 10.1. The molecule has 2 aliphatic heterocycles. The molecule has 1 unspecified atom stereocenters. The Bertz CT molecular complexity index is 413. The minimum atomic E-state index is -3.45.